The molecule has 0 spiro atoms. The molecule has 0 amide bonds. The third-order valence-electron chi connectivity index (χ3n) is 1.84. The van der Waals surface area contributed by atoms with Crippen molar-refractivity contribution in [2.45, 2.75) is 6.92 Å². The molecule has 0 fully saturated rings. The average Bonchev–Trinajstić information content (AvgIpc) is 2.65. The SMILES string of the molecule is Cc1nccn1-c1ccnc(NN)n1. The van der Waals surface area contributed by atoms with E-state index >= 15 is 0 Å². The zero-order valence-electron chi connectivity index (χ0n) is 7.68. The summed E-state index contributed by atoms with van der Waals surface area (Å²) in [7, 11) is 0. The van der Waals surface area contributed by atoms with Crippen LogP contribution in [0.5, 0.6) is 0 Å². The monoisotopic (exact) mass is 190 g/mol. The summed E-state index contributed by atoms with van der Waals surface area (Å²) in [5.74, 6) is 7.20. The van der Waals surface area contributed by atoms with Crippen molar-refractivity contribution in [3.63, 3.8) is 0 Å². The largest absolute Gasteiger partial charge is 0.292 e. The first-order valence-electron chi connectivity index (χ1n) is 4.11. The Morgan fingerprint density at radius 3 is 2.86 bits per heavy atom. The summed E-state index contributed by atoms with van der Waals surface area (Å²) in [6, 6.07) is 1.79. The predicted molar refractivity (Wildman–Crippen MR) is 51.7 cm³/mol. The average molecular weight is 190 g/mol. The highest BCUT2D eigenvalue weighted by atomic mass is 15.3. The minimum absolute atomic E-state index is 0.385. The molecule has 0 saturated heterocycles. The first-order chi connectivity index (χ1) is 6.81. The predicted octanol–water partition coefficient (Wildman–Crippen LogP) is 0.256. The number of anilines is 1. The highest BCUT2D eigenvalue weighted by Crippen LogP contribution is 2.07. The van der Waals surface area contributed by atoms with Crippen LogP contribution in [0.2, 0.25) is 0 Å². The zero-order valence-corrected chi connectivity index (χ0v) is 7.68. The molecule has 0 aliphatic rings. The van der Waals surface area contributed by atoms with E-state index in [9.17, 15) is 0 Å². The molecule has 0 aliphatic heterocycles. The normalized spacial score (nSPS) is 10.1. The number of hydrogen-bond donors (Lipinski definition) is 2. The maximum atomic E-state index is 5.21. The molecule has 72 valence electrons. The van der Waals surface area contributed by atoms with Crippen molar-refractivity contribution in [2.75, 3.05) is 5.43 Å². The summed E-state index contributed by atoms with van der Waals surface area (Å²) >= 11 is 0. The molecule has 0 saturated carbocycles. The molecule has 0 unspecified atom stereocenters. The van der Waals surface area contributed by atoms with Crippen LogP contribution in [0.3, 0.4) is 0 Å². The third-order valence-corrected chi connectivity index (χ3v) is 1.84. The van der Waals surface area contributed by atoms with Gasteiger partial charge < -0.3 is 0 Å². The van der Waals surface area contributed by atoms with Crippen molar-refractivity contribution < 1.29 is 0 Å². The standard InChI is InChI=1S/C8H10N6/c1-6-10-4-5-14(6)7-2-3-11-8(12-7)13-9/h2-5H,9H2,1H3,(H,11,12,13). The second-order valence-electron chi connectivity index (χ2n) is 2.73. The van der Waals surface area contributed by atoms with Crippen LogP contribution in [-0.4, -0.2) is 19.5 Å². The van der Waals surface area contributed by atoms with Crippen molar-refractivity contribution in [1.82, 2.24) is 19.5 Å². The van der Waals surface area contributed by atoms with Crippen molar-refractivity contribution in [3.05, 3.63) is 30.5 Å². The number of imidazole rings is 1. The van der Waals surface area contributed by atoms with Crippen LogP contribution in [-0.2, 0) is 0 Å². The Hall–Kier alpha value is -1.95. The lowest BCUT2D eigenvalue weighted by Gasteiger charge is -2.04. The Morgan fingerprint density at radius 1 is 1.36 bits per heavy atom. The molecule has 6 nitrogen and oxygen atoms in total. The van der Waals surface area contributed by atoms with Crippen LogP contribution in [0.1, 0.15) is 5.82 Å². The van der Waals surface area contributed by atoms with Gasteiger partial charge in [-0.3, -0.25) is 9.99 Å². The summed E-state index contributed by atoms with van der Waals surface area (Å²) in [5.41, 5.74) is 2.39. The van der Waals surface area contributed by atoms with E-state index in [1.807, 2.05) is 17.7 Å². The molecular formula is C8H10N6. The van der Waals surface area contributed by atoms with Gasteiger partial charge in [-0.15, -0.1) is 0 Å². The smallest absolute Gasteiger partial charge is 0.239 e. The van der Waals surface area contributed by atoms with Gasteiger partial charge in [0.05, 0.1) is 0 Å². The third kappa shape index (κ3) is 1.42. The van der Waals surface area contributed by atoms with E-state index in [0.29, 0.717) is 5.95 Å². The highest BCUT2D eigenvalue weighted by Gasteiger charge is 2.02. The first-order valence-corrected chi connectivity index (χ1v) is 4.11. The summed E-state index contributed by atoms with van der Waals surface area (Å²) < 4.78 is 1.85. The number of nitrogens with zero attached hydrogens (tertiary/aromatic N) is 4. The van der Waals surface area contributed by atoms with Gasteiger partial charge in [0.25, 0.3) is 0 Å². The number of aryl methyl sites for hydroxylation is 1. The van der Waals surface area contributed by atoms with Crippen LogP contribution >= 0.6 is 0 Å². The summed E-state index contributed by atoms with van der Waals surface area (Å²) in [5, 5.41) is 0. The summed E-state index contributed by atoms with van der Waals surface area (Å²) in [4.78, 5) is 12.2. The van der Waals surface area contributed by atoms with E-state index in [4.69, 9.17) is 5.84 Å². The van der Waals surface area contributed by atoms with Gasteiger partial charge in [-0.1, -0.05) is 0 Å². The van der Waals surface area contributed by atoms with Gasteiger partial charge in [-0.05, 0) is 13.0 Å². The molecule has 0 bridgehead atoms. The molecule has 2 rings (SSSR count). The maximum absolute atomic E-state index is 5.21. The molecule has 0 atom stereocenters. The van der Waals surface area contributed by atoms with Gasteiger partial charge in [0.1, 0.15) is 11.6 Å². The fourth-order valence-corrected chi connectivity index (χ4v) is 1.17. The van der Waals surface area contributed by atoms with E-state index in [1.165, 1.54) is 0 Å². The highest BCUT2D eigenvalue weighted by molar-refractivity contribution is 5.31. The Balaban J connectivity index is 2.47. The molecule has 14 heavy (non-hydrogen) atoms. The number of hydrogen-bond acceptors (Lipinski definition) is 5. The van der Waals surface area contributed by atoms with E-state index in [0.717, 1.165) is 11.6 Å². The van der Waals surface area contributed by atoms with E-state index in [2.05, 4.69) is 20.4 Å². The van der Waals surface area contributed by atoms with Crippen molar-refractivity contribution in [2.24, 2.45) is 5.84 Å². The lowest BCUT2D eigenvalue weighted by atomic mass is 10.5. The Bertz CT molecular complexity index is 435. The Kier molecular flexibility index (Phi) is 2.11. The van der Waals surface area contributed by atoms with E-state index in [1.54, 1.807) is 18.5 Å². The van der Waals surface area contributed by atoms with Gasteiger partial charge >= 0.3 is 0 Å². The van der Waals surface area contributed by atoms with E-state index < -0.39 is 0 Å². The lowest BCUT2D eigenvalue weighted by Crippen LogP contribution is -2.11. The minimum atomic E-state index is 0.385. The molecule has 2 aromatic rings. The molecule has 6 heteroatoms. The second-order valence-corrected chi connectivity index (χ2v) is 2.73. The summed E-state index contributed by atoms with van der Waals surface area (Å²) in [6.07, 6.45) is 5.18. The van der Waals surface area contributed by atoms with Gasteiger partial charge in [-0.25, -0.2) is 15.8 Å². The maximum Gasteiger partial charge on any atom is 0.239 e. The summed E-state index contributed by atoms with van der Waals surface area (Å²) in [6.45, 7) is 1.90. The first kappa shape index (κ1) is 8.64. The zero-order chi connectivity index (χ0) is 9.97. The van der Waals surface area contributed by atoms with Crippen molar-refractivity contribution in [3.8, 4) is 5.82 Å². The molecule has 0 aromatic carbocycles. The fraction of sp³-hybridized carbons (Fsp3) is 0.125. The Labute approximate surface area is 80.8 Å². The molecule has 0 aliphatic carbocycles. The fourth-order valence-electron chi connectivity index (χ4n) is 1.17. The number of nitrogens with two attached hydrogens (primary N) is 1. The topological polar surface area (TPSA) is 81.7 Å². The second kappa shape index (κ2) is 3.43. The van der Waals surface area contributed by atoms with Crippen molar-refractivity contribution >= 4 is 5.95 Å². The van der Waals surface area contributed by atoms with Gasteiger partial charge in [-0.2, -0.15) is 4.98 Å². The number of aromatic nitrogens is 4. The van der Waals surface area contributed by atoms with Crippen LogP contribution in [0, 0.1) is 6.92 Å². The van der Waals surface area contributed by atoms with Gasteiger partial charge in [0, 0.05) is 18.6 Å². The van der Waals surface area contributed by atoms with Crippen molar-refractivity contribution in [1.29, 1.82) is 0 Å². The Morgan fingerprint density at radius 2 is 2.21 bits per heavy atom. The lowest BCUT2D eigenvalue weighted by molar-refractivity contribution is 0.919. The van der Waals surface area contributed by atoms with Crippen LogP contribution in [0.25, 0.3) is 5.82 Å². The minimum Gasteiger partial charge on any atom is -0.292 e. The molecule has 3 N–H and O–H groups in total. The van der Waals surface area contributed by atoms with Crippen LogP contribution in [0.15, 0.2) is 24.7 Å². The molecule has 0 radical (unpaired) electrons. The van der Waals surface area contributed by atoms with Crippen LogP contribution < -0.4 is 11.3 Å². The quantitative estimate of drug-likeness (QED) is 0.524. The number of nitrogen functional groups attached to an aromatic ring is 1. The molecular weight excluding hydrogens is 180 g/mol. The molecule has 2 heterocycles. The number of hydrazine groups is 1. The molecule has 2 aromatic heterocycles. The van der Waals surface area contributed by atoms with Gasteiger partial charge in [0.15, 0.2) is 0 Å². The number of rotatable bonds is 2. The van der Waals surface area contributed by atoms with E-state index in [-0.39, 0.29) is 0 Å². The number of nitrogens with one attached hydrogen (secondary N) is 1. The van der Waals surface area contributed by atoms with Gasteiger partial charge in [0.2, 0.25) is 5.95 Å². The van der Waals surface area contributed by atoms with Crippen LogP contribution in [0.4, 0.5) is 5.95 Å².